The Bertz CT molecular complexity index is 1070. The largest absolute Gasteiger partial charge is 0.445 e. The van der Waals surface area contributed by atoms with E-state index in [-0.39, 0.29) is 18.6 Å². The van der Waals surface area contributed by atoms with Crippen LogP contribution in [-0.2, 0) is 11.3 Å². The zero-order valence-corrected chi connectivity index (χ0v) is 17.5. The second-order valence-electron chi connectivity index (χ2n) is 7.60. The maximum absolute atomic E-state index is 12.5. The third kappa shape index (κ3) is 5.34. The number of para-hydroxylation sites is 2. The highest BCUT2D eigenvalue weighted by molar-refractivity contribution is 6.05. The first-order valence-corrected chi connectivity index (χ1v) is 10.4. The maximum atomic E-state index is 12.5. The van der Waals surface area contributed by atoms with Gasteiger partial charge in [-0.3, -0.25) is 9.78 Å². The number of anilines is 3. The molecule has 32 heavy (non-hydrogen) atoms. The van der Waals surface area contributed by atoms with Crippen LogP contribution in [0.3, 0.4) is 0 Å². The summed E-state index contributed by atoms with van der Waals surface area (Å²) in [5.41, 5.74) is 9.43. The summed E-state index contributed by atoms with van der Waals surface area (Å²) in [4.78, 5) is 30.7. The summed E-state index contributed by atoms with van der Waals surface area (Å²) < 4.78 is 5.28. The quantitative estimate of drug-likeness (QED) is 0.516. The molecule has 8 heteroatoms. The van der Waals surface area contributed by atoms with Gasteiger partial charge < -0.3 is 26.0 Å². The average Bonchev–Trinajstić information content (AvgIpc) is 3.28. The fraction of sp³-hybridized carbons (Fsp3) is 0.208. The highest BCUT2D eigenvalue weighted by Gasteiger charge is 2.24. The topological polar surface area (TPSA) is 110 Å². The number of nitrogens with zero attached hydrogens (tertiary/aromatic N) is 2. The van der Waals surface area contributed by atoms with Crippen molar-refractivity contribution in [2.24, 2.45) is 0 Å². The number of carbonyl (C=O) groups excluding carboxylic acids is 2. The molecule has 4 rings (SSSR count). The number of nitrogen functional groups attached to an aromatic ring is 1. The number of hydrogen-bond acceptors (Lipinski definition) is 6. The first kappa shape index (κ1) is 21.2. The predicted molar refractivity (Wildman–Crippen MR) is 123 cm³/mol. The zero-order valence-electron chi connectivity index (χ0n) is 17.5. The van der Waals surface area contributed by atoms with E-state index in [1.165, 1.54) is 0 Å². The van der Waals surface area contributed by atoms with Crippen LogP contribution >= 0.6 is 0 Å². The lowest BCUT2D eigenvalue weighted by Crippen LogP contribution is -2.37. The Morgan fingerprint density at radius 1 is 1.06 bits per heavy atom. The molecule has 2 aromatic carbocycles. The Morgan fingerprint density at radius 2 is 1.81 bits per heavy atom. The third-order valence-corrected chi connectivity index (χ3v) is 5.33. The van der Waals surface area contributed by atoms with Gasteiger partial charge in [-0.2, -0.15) is 0 Å². The van der Waals surface area contributed by atoms with Gasteiger partial charge in [-0.15, -0.1) is 0 Å². The normalized spacial score (nSPS) is 15.2. The maximum Gasteiger partial charge on any atom is 0.407 e. The molecule has 1 saturated heterocycles. The van der Waals surface area contributed by atoms with Crippen LogP contribution in [0.25, 0.3) is 0 Å². The van der Waals surface area contributed by atoms with Crippen LogP contribution in [-0.4, -0.2) is 36.1 Å². The van der Waals surface area contributed by atoms with Gasteiger partial charge in [-0.1, -0.05) is 12.1 Å². The minimum Gasteiger partial charge on any atom is -0.445 e. The molecule has 1 fully saturated rings. The van der Waals surface area contributed by atoms with Crippen molar-refractivity contribution in [1.29, 1.82) is 0 Å². The number of pyridine rings is 1. The van der Waals surface area contributed by atoms with Crippen LogP contribution in [0.5, 0.6) is 0 Å². The van der Waals surface area contributed by atoms with Gasteiger partial charge in [0.25, 0.3) is 5.91 Å². The number of ether oxygens (including phenoxy) is 1. The number of nitrogens with two attached hydrogens (primary N) is 1. The molecule has 0 bridgehead atoms. The number of alkyl carbamates (subject to hydrolysis) is 1. The standard InChI is InChI=1S/C24H25N5O3/c25-21-3-1-2-4-22(21)28-23(30)18-5-7-20(8-6-18)29-14-11-19(15-29)27-24(31)32-16-17-9-12-26-13-10-17/h1-10,12-13,19H,11,14-16,25H2,(H,27,31)(H,28,30). The number of nitrogens with one attached hydrogen (secondary N) is 2. The number of aromatic nitrogens is 1. The minimum atomic E-state index is -0.430. The van der Waals surface area contributed by atoms with Gasteiger partial charge in [0.15, 0.2) is 0 Å². The van der Waals surface area contributed by atoms with E-state index in [1.807, 2.05) is 36.4 Å². The lowest BCUT2D eigenvalue weighted by Gasteiger charge is -2.19. The summed E-state index contributed by atoms with van der Waals surface area (Å²) in [5.74, 6) is -0.215. The van der Waals surface area contributed by atoms with Crippen molar-refractivity contribution in [1.82, 2.24) is 10.3 Å². The van der Waals surface area contributed by atoms with Gasteiger partial charge in [0, 0.05) is 36.7 Å². The van der Waals surface area contributed by atoms with E-state index >= 15 is 0 Å². The van der Waals surface area contributed by atoms with Crippen LogP contribution in [0.15, 0.2) is 73.1 Å². The molecule has 8 nitrogen and oxygen atoms in total. The van der Waals surface area contributed by atoms with Crippen LogP contribution < -0.4 is 21.3 Å². The molecule has 1 aliphatic heterocycles. The molecule has 1 aromatic heterocycles. The van der Waals surface area contributed by atoms with Crippen LogP contribution in [0.4, 0.5) is 21.9 Å². The van der Waals surface area contributed by atoms with Crippen molar-refractivity contribution in [2.45, 2.75) is 19.1 Å². The average molecular weight is 431 g/mol. The van der Waals surface area contributed by atoms with Crippen LogP contribution in [0.1, 0.15) is 22.3 Å². The van der Waals surface area contributed by atoms with Gasteiger partial charge in [0.05, 0.1) is 17.4 Å². The van der Waals surface area contributed by atoms with Gasteiger partial charge in [0.1, 0.15) is 6.61 Å². The fourth-order valence-corrected chi connectivity index (χ4v) is 3.58. The number of hydrogen-bond donors (Lipinski definition) is 3. The lowest BCUT2D eigenvalue weighted by atomic mass is 10.1. The highest BCUT2D eigenvalue weighted by atomic mass is 16.5. The van der Waals surface area contributed by atoms with Crippen molar-refractivity contribution in [3.8, 4) is 0 Å². The fourth-order valence-electron chi connectivity index (χ4n) is 3.58. The molecule has 4 N–H and O–H groups in total. The van der Waals surface area contributed by atoms with Gasteiger partial charge >= 0.3 is 6.09 Å². The van der Waals surface area contributed by atoms with Gasteiger partial charge in [-0.25, -0.2) is 4.79 Å². The molecule has 3 aromatic rings. The molecule has 2 heterocycles. The smallest absolute Gasteiger partial charge is 0.407 e. The van der Waals surface area contributed by atoms with Crippen molar-refractivity contribution in [2.75, 3.05) is 29.0 Å². The van der Waals surface area contributed by atoms with Crippen molar-refractivity contribution in [3.05, 3.63) is 84.2 Å². The first-order valence-electron chi connectivity index (χ1n) is 10.4. The Labute approximate surface area is 186 Å². The summed E-state index contributed by atoms with van der Waals surface area (Å²) in [6.45, 7) is 1.70. The minimum absolute atomic E-state index is 0.00368. The van der Waals surface area contributed by atoms with Gasteiger partial charge in [-0.05, 0) is 60.5 Å². The van der Waals surface area contributed by atoms with Crippen molar-refractivity contribution >= 4 is 29.1 Å². The highest BCUT2D eigenvalue weighted by Crippen LogP contribution is 2.22. The Hall–Kier alpha value is -4.07. The number of amides is 2. The summed E-state index contributed by atoms with van der Waals surface area (Å²) in [6, 6.07) is 18.2. The number of carbonyl (C=O) groups is 2. The van der Waals surface area contributed by atoms with Gasteiger partial charge in [0.2, 0.25) is 0 Å². The molecule has 0 saturated carbocycles. The third-order valence-electron chi connectivity index (χ3n) is 5.33. The molecule has 164 valence electrons. The van der Waals surface area contributed by atoms with Crippen molar-refractivity contribution in [3.63, 3.8) is 0 Å². The molecular weight excluding hydrogens is 406 g/mol. The van der Waals surface area contributed by atoms with E-state index in [2.05, 4.69) is 20.5 Å². The molecule has 1 atom stereocenters. The summed E-state index contributed by atoms with van der Waals surface area (Å²) in [7, 11) is 0. The molecule has 0 spiro atoms. The van der Waals surface area contributed by atoms with E-state index < -0.39 is 6.09 Å². The van der Waals surface area contributed by atoms with Crippen LogP contribution in [0, 0.1) is 0 Å². The molecule has 1 unspecified atom stereocenters. The zero-order chi connectivity index (χ0) is 22.3. The lowest BCUT2D eigenvalue weighted by molar-refractivity contribution is 0.102. The molecule has 1 aliphatic rings. The molecule has 2 amide bonds. The Morgan fingerprint density at radius 3 is 2.56 bits per heavy atom. The van der Waals surface area contributed by atoms with E-state index in [9.17, 15) is 9.59 Å². The monoisotopic (exact) mass is 431 g/mol. The number of benzene rings is 2. The first-order chi connectivity index (χ1) is 15.6. The summed E-state index contributed by atoms with van der Waals surface area (Å²) in [6.07, 6.45) is 3.72. The molecular formula is C24H25N5O3. The molecule has 0 aliphatic carbocycles. The second kappa shape index (κ2) is 9.82. The summed E-state index contributed by atoms with van der Waals surface area (Å²) >= 11 is 0. The van der Waals surface area contributed by atoms with Crippen molar-refractivity contribution < 1.29 is 14.3 Å². The SMILES string of the molecule is Nc1ccccc1NC(=O)c1ccc(N2CCC(NC(=O)OCc3ccncc3)C2)cc1. The summed E-state index contributed by atoms with van der Waals surface area (Å²) in [5, 5.41) is 5.74. The number of rotatable bonds is 6. The Kier molecular flexibility index (Phi) is 6.50. The van der Waals surface area contributed by atoms with E-state index in [1.54, 1.807) is 36.7 Å². The predicted octanol–water partition coefficient (Wildman–Crippen LogP) is 3.42. The second-order valence-corrected chi connectivity index (χ2v) is 7.60. The van der Waals surface area contributed by atoms with E-state index in [4.69, 9.17) is 10.5 Å². The van der Waals surface area contributed by atoms with Crippen LogP contribution in [0.2, 0.25) is 0 Å². The van der Waals surface area contributed by atoms with E-state index in [0.29, 0.717) is 23.5 Å². The van der Waals surface area contributed by atoms with E-state index in [0.717, 1.165) is 24.2 Å². The Balaban J connectivity index is 1.27. The molecule has 0 radical (unpaired) electrons.